The van der Waals surface area contributed by atoms with Crippen LogP contribution in [0, 0.1) is 10.1 Å². The second kappa shape index (κ2) is 12.3. The van der Waals surface area contributed by atoms with E-state index in [9.17, 15) is 19.5 Å². The van der Waals surface area contributed by atoms with Crippen molar-refractivity contribution < 1.29 is 28.1 Å². The first-order valence-corrected chi connectivity index (χ1v) is 13.3. The first-order chi connectivity index (χ1) is 18.3. The highest BCUT2D eigenvalue weighted by Gasteiger charge is 2.44. The first-order valence-electron chi connectivity index (χ1n) is 11.3. The fourth-order valence-corrected chi connectivity index (χ4v) is 5.64. The third-order valence-corrected chi connectivity index (χ3v) is 7.53. The molecule has 0 aliphatic carbocycles. The van der Waals surface area contributed by atoms with Gasteiger partial charge in [-0.25, -0.2) is 9.36 Å². The minimum absolute atomic E-state index is 0.00231. The predicted octanol–water partition coefficient (Wildman–Crippen LogP) is 7.52. The zero-order valence-electron chi connectivity index (χ0n) is 19.8. The normalized spacial score (nSPS) is 11.7. The van der Waals surface area contributed by atoms with Crippen LogP contribution in [0.1, 0.15) is 16.9 Å². The molecule has 0 fully saturated rings. The quantitative estimate of drug-likeness (QED) is 0.123. The van der Waals surface area contributed by atoms with E-state index in [1.807, 2.05) is 6.07 Å². The van der Waals surface area contributed by atoms with Gasteiger partial charge in [-0.1, -0.05) is 78.3 Å². The Labute approximate surface area is 223 Å². The van der Waals surface area contributed by atoms with Crippen LogP contribution in [0.25, 0.3) is 0 Å². The molecule has 194 valence electrons. The largest absolute Gasteiger partial charge is 0.457 e. The van der Waals surface area contributed by atoms with Gasteiger partial charge in [0.05, 0.1) is 4.92 Å². The molecule has 4 aromatic rings. The third kappa shape index (κ3) is 6.91. The maximum absolute atomic E-state index is 14.6. The number of nitro benzene ring substituents is 1. The van der Waals surface area contributed by atoms with Crippen molar-refractivity contribution in [2.24, 2.45) is 0 Å². The Bertz CT molecular complexity index is 1390. The summed E-state index contributed by atoms with van der Waals surface area (Å²) in [6.07, 6.45) is -0.963. The summed E-state index contributed by atoms with van der Waals surface area (Å²) in [5, 5.41) is 14.0. The SMILES string of the molecule is O=C(NC(c1cc([N+](=O)[O-])ccc1Cl)P(=O)(Oc1ccccc1)Oc1ccccc1)OCc1ccccc1. The lowest BCUT2D eigenvalue weighted by Gasteiger charge is -2.28. The van der Waals surface area contributed by atoms with E-state index in [-0.39, 0.29) is 34.4 Å². The van der Waals surface area contributed by atoms with Gasteiger partial charge >= 0.3 is 13.7 Å². The van der Waals surface area contributed by atoms with Gasteiger partial charge in [0, 0.05) is 22.7 Å². The maximum atomic E-state index is 14.6. The zero-order valence-corrected chi connectivity index (χ0v) is 21.5. The van der Waals surface area contributed by atoms with Crippen LogP contribution in [0.3, 0.4) is 0 Å². The number of amides is 1. The van der Waals surface area contributed by atoms with E-state index in [4.69, 9.17) is 25.4 Å². The number of carbonyl (C=O) groups is 1. The summed E-state index contributed by atoms with van der Waals surface area (Å²) in [5.74, 6) is -1.23. The van der Waals surface area contributed by atoms with Crippen molar-refractivity contribution in [2.75, 3.05) is 0 Å². The molecule has 0 saturated heterocycles. The fraction of sp³-hybridized carbons (Fsp3) is 0.0741. The van der Waals surface area contributed by atoms with Crippen molar-refractivity contribution in [3.05, 3.63) is 135 Å². The lowest BCUT2D eigenvalue weighted by molar-refractivity contribution is -0.384. The van der Waals surface area contributed by atoms with Gasteiger partial charge in [-0.05, 0) is 35.9 Å². The summed E-state index contributed by atoms with van der Waals surface area (Å²) in [4.78, 5) is 23.8. The highest BCUT2D eigenvalue weighted by Crippen LogP contribution is 2.60. The Kier molecular flexibility index (Phi) is 8.63. The Morgan fingerprint density at radius 2 is 1.39 bits per heavy atom. The smallest absolute Gasteiger partial charge is 0.445 e. The van der Waals surface area contributed by atoms with Crippen LogP contribution in [-0.4, -0.2) is 11.0 Å². The topological polar surface area (TPSA) is 117 Å². The minimum atomic E-state index is -4.44. The summed E-state index contributed by atoms with van der Waals surface area (Å²) in [6.45, 7) is -0.0779. The second-order valence-corrected chi connectivity index (χ2v) is 10.3. The van der Waals surface area contributed by atoms with E-state index < -0.39 is 24.4 Å². The molecular formula is C27H22ClN2O7P. The molecule has 1 unspecified atom stereocenters. The first kappa shape index (κ1) is 26.7. The summed E-state index contributed by atoms with van der Waals surface area (Å²) in [6, 6.07) is 28.9. The van der Waals surface area contributed by atoms with Gasteiger partial charge in [-0.3, -0.25) is 10.1 Å². The number of carbonyl (C=O) groups excluding carboxylic acids is 1. The van der Waals surface area contributed by atoms with Crippen LogP contribution < -0.4 is 14.4 Å². The molecule has 4 aromatic carbocycles. The lowest BCUT2D eigenvalue weighted by Crippen LogP contribution is -2.31. The molecule has 0 aliphatic heterocycles. The standard InChI is InChI=1S/C27H22ClN2O7P/c28-25-17-16-21(30(32)33)18-24(25)26(29-27(31)35-19-20-10-4-1-5-11-20)38(34,36-22-12-6-2-7-13-22)37-23-14-8-3-9-15-23/h1-18,26H,19H2,(H,29,31). The van der Waals surface area contributed by atoms with Gasteiger partial charge in [-0.15, -0.1) is 0 Å². The van der Waals surface area contributed by atoms with Gasteiger partial charge in [0.1, 0.15) is 18.1 Å². The maximum Gasteiger partial charge on any atom is 0.457 e. The van der Waals surface area contributed by atoms with E-state index in [2.05, 4.69) is 5.32 Å². The molecule has 1 amide bonds. The van der Waals surface area contributed by atoms with Crippen molar-refractivity contribution in [3.63, 3.8) is 0 Å². The van der Waals surface area contributed by atoms with E-state index >= 15 is 0 Å². The number of para-hydroxylation sites is 2. The zero-order chi connectivity index (χ0) is 27.0. The van der Waals surface area contributed by atoms with Gasteiger partial charge in [0.25, 0.3) is 5.69 Å². The Balaban J connectivity index is 1.76. The summed E-state index contributed by atoms with van der Waals surface area (Å²) in [7, 11) is -4.44. The molecule has 0 bridgehead atoms. The number of nitro groups is 1. The molecule has 0 aliphatic rings. The molecule has 0 aromatic heterocycles. The molecule has 11 heteroatoms. The minimum Gasteiger partial charge on any atom is -0.445 e. The van der Waals surface area contributed by atoms with Crippen molar-refractivity contribution in [3.8, 4) is 11.5 Å². The number of non-ortho nitro benzene ring substituents is 1. The van der Waals surface area contributed by atoms with Crippen LogP contribution in [-0.2, 0) is 15.9 Å². The van der Waals surface area contributed by atoms with E-state index in [1.165, 1.54) is 12.1 Å². The highest BCUT2D eigenvalue weighted by atomic mass is 35.5. The molecular weight excluding hydrogens is 531 g/mol. The summed E-state index contributed by atoms with van der Waals surface area (Å²) in [5.41, 5.74) is 0.337. The van der Waals surface area contributed by atoms with Gasteiger partial charge < -0.3 is 19.1 Å². The van der Waals surface area contributed by atoms with Gasteiger partial charge in [-0.2, -0.15) is 0 Å². The Hall–Kier alpha value is -4.33. The van der Waals surface area contributed by atoms with Crippen molar-refractivity contribution in [1.29, 1.82) is 0 Å². The van der Waals surface area contributed by atoms with E-state index in [0.717, 1.165) is 11.6 Å². The summed E-state index contributed by atoms with van der Waals surface area (Å²) >= 11 is 6.42. The van der Waals surface area contributed by atoms with Crippen LogP contribution in [0.15, 0.2) is 109 Å². The number of rotatable bonds is 10. The van der Waals surface area contributed by atoms with E-state index in [0.29, 0.717) is 0 Å². The monoisotopic (exact) mass is 552 g/mol. The lowest BCUT2D eigenvalue weighted by atomic mass is 10.2. The Morgan fingerprint density at radius 3 is 1.92 bits per heavy atom. The number of halogens is 1. The van der Waals surface area contributed by atoms with Crippen LogP contribution >= 0.6 is 19.2 Å². The number of benzene rings is 4. The van der Waals surface area contributed by atoms with E-state index in [1.54, 1.807) is 84.9 Å². The molecule has 1 N–H and O–H groups in total. The van der Waals surface area contributed by atoms with Gasteiger partial charge in [0.2, 0.25) is 0 Å². The van der Waals surface area contributed by atoms with Crippen LogP contribution in [0.4, 0.5) is 10.5 Å². The molecule has 0 heterocycles. The molecule has 4 rings (SSSR count). The molecule has 38 heavy (non-hydrogen) atoms. The number of hydrogen-bond donors (Lipinski definition) is 1. The summed E-state index contributed by atoms with van der Waals surface area (Å²) < 4.78 is 31.6. The van der Waals surface area contributed by atoms with Crippen molar-refractivity contribution >= 4 is 31.0 Å². The predicted molar refractivity (Wildman–Crippen MR) is 142 cm³/mol. The second-order valence-electron chi connectivity index (χ2n) is 7.92. The molecule has 0 saturated carbocycles. The fourth-order valence-electron chi connectivity index (χ4n) is 3.44. The number of nitrogens with zero attached hydrogens (tertiary/aromatic N) is 1. The molecule has 9 nitrogen and oxygen atoms in total. The molecule has 1 atom stereocenters. The highest BCUT2D eigenvalue weighted by molar-refractivity contribution is 7.55. The third-order valence-electron chi connectivity index (χ3n) is 5.22. The van der Waals surface area contributed by atoms with Crippen LogP contribution in [0.2, 0.25) is 5.02 Å². The van der Waals surface area contributed by atoms with Gasteiger partial charge in [0.15, 0.2) is 5.78 Å². The average Bonchev–Trinajstić information content (AvgIpc) is 2.92. The van der Waals surface area contributed by atoms with Crippen LogP contribution in [0.5, 0.6) is 11.5 Å². The molecule has 0 radical (unpaired) electrons. The molecule has 0 spiro atoms. The number of alkyl carbamates (subject to hydrolysis) is 1. The number of ether oxygens (including phenoxy) is 1. The number of hydrogen-bond acceptors (Lipinski definition) is 7. The van der Waals surface area contributed by atoms with Crippen molar-refractivity contribution in [2.45, 2.75) is 12.4 Å². The Morgan fingerprint density at radius 1 is 0.868 bits per heavy atom. The van der Waals surface area contributed by atoms with Crippen molar-refractivity contribution in [1.82, 2.24) is 5.32 Å². The number of nitrogens with one attached hydrogen (secondary N) is 1. The average molecular weight is 553 g/mol.